The number of amides is 2. The van der Waals surface area contributed by atoms with E-state index >= 15 is 0 Å². The summed E-state index contributed by atoms with van der Waals surface area (Å²) in [6.45, 7) is 2.47. The zero-order chi connectivity index (χ0) is 17.7. The summed E-state index contributed by atoms with van der Waals surface area (Å²) < 4.78 is 38.7. The number of hydrogen-bond donors (Lipinski definition) is 3. The van der Waals surface area contributed by atoms with E-state index in [2.05, 4.69) is 16.0 Å². The van der Waals surface area contributed by atoms with Crippen LogP contribution in [0.1, 0.15) is 35.7 Å². The van der Waals surface area contributed by atoms with E-state index in [0.29, 0.717) is 0 Å². The Bertz CT molecular complexity index is 604. The minimum Gasteiger partial charge on any atom is -0.350 e. The van der Waals surface area contributed by atoms with Gasteiger partial charge in [-0.3, -0.25) is 9.59 Å². The second kappa shape index (κ2) is 7.65. The van der Waals surface area contributed by atoms with E-state index in [1.165, 1.54) is 12.1 Å². The lowest BCUT2D eigenvalue weighted by atomic mass is 10.00. The highest BCUT2D eigenvalue weighted by atomic mass is 19.4. The quantitative estimate of drug-likeness (QED) is 0.779. The summed E-state index contributed by atoms with van der Waals surface area (Å²) in [6, 6.07) is 4.55. The molecule has 1 heterocycles. The van der Waals surface area contributed by atoms with Crippen molar-refractivity contribution in [1.29, 1.82) is 0 Å². The monoisotopic (exact) mass is 343 g/mol. The van der Waals surface area contributed by atoms with Crippen LogP contribution in [0.3, 0.4) is 0 Å². The molecule has 2 atom stereocenters. The maximum Gasteiger partial charge on any atom is 0.417 e. The summed E-state index contributed by atoms with van der Waals surface area (Å²) in [5.41, 5.74) is -1.52. The summed E-state index contributed by atoms with van der Waals surface area (Å²) >= 11 is 0. The van der Waals surface area contributed by atoms with E-state index in [9.17, 15) is 22.8 Å². The first-order valence-electron chi connectivity index (χ1n) is 7.76. The second-order valence-electron chi connectivity index (χ2n) is 5.79. The van der Waals surface area contributed by atoms with Gasteiger partial charge in [-0.25, -0.2) is 0 Å². The van der Waals surface area contributed by atoms with Crippen molar-refractivity contribution in [2.75, 3.05) is 13.1 Å². The fraction of sp³-hybridized carbons (Fsp3) is 0.500. The number of carbonyl (C=O) groups is 2. The van der Waals surface area contributed by atoms with Gasteiger partial charge in [0.05, 0.1) is 17.7 Å². The molecule has 0 aromatic heterocycles. The van der Waals surface area contributed by atoms with E-state index in [1.54, 1.807) is 0 Å². The second-order valence-corrected chi connectivity index (χ2v) is 5.79. The maximum absolute atomic E-state index is 12.9. The molecule has 0 radical (unpaired) electrons. The van der Waals surface area contributed by atoms with Crippen LogP contribution in [0.15, 0.2) is 24.3 Å². The van der Waals surface area contributed by atoms with E-state index in [4.69, 9.17) is 0 Å². The molecule has 5 nitrogen and oxygen atoms in total. The van der Waals surface area contributed by atoms with Gasteiger partial charge in [0.2, 0.25) is 5.91 Å². The Labute approximate surface area is 138 Å². The Morgan fingerprint density at radius 3 is 2.67 bits per heavy atom. The lowest BCUT2D eigenvalue weighted by Crippen LogP contribution is -2.53. The normalized spacial score (nSPS) is 21.2. The predicted octanol–water partition coefficient (Wildman–Crippen LogP) is 1.69. The summed E-state index contributed by atoms with van der Waals surface area (Å²) in [4.78, 5) is 23.9. The first-order chi connectivity index (χ1) is 11.3. The molecule has 2 amide bonds. The Hall–Kier alpha value is -2.09. The van der Waals surface area contributed by atoms with Crippen LogP contribution < -0.4 is 16.0 Å². The Morgan fingerprint density at radius 2 is 2.00 bits per heavy atom. The summed E-state index contributed by atoms with van der Waals surface area (Å²) in [5, 5.41) is 8.25. The molecular formula is C16H20F3N3O2. The zero-order valence-electron chi connectivity index (χ0n) is 13.2. The Morgan fingerprint density at radius 1 is 1.29 bits per heavy atom. The van der Waals surface area contributed by atoms with Crippen molar-refractivity contribution >= 4 is 11.8 Å². The van der Waals surface area contributed by atoms with Gasteiger partial charge in [-0.15, -0.1) is 0 Å². The fourth-order valence-electron chi connectivity index (χ4n) is 2.68. The molecular weight excluding hydrogens is 323 g/mol. The molecule has 2 rings (SSSR count). The molecule has 1 aliphatic rings. The van der Waals surface area contributed by atoms with E-state index < -0.39 is 29.1 Å². The minimum absolute atomic E-state index is 0.0504. The van der Waals surface area contributed by atoms with Crippen LogP contribution >= 0.6 is 0 Å². The van der Waals surface area contributed by atoms with Gasteiger partial charge in [0, 0.05) is 12.1 Å². The molecule has 0 bridgehead atoms. The predicted molar refractivity (Wildman–Crippen MR) is 82.4 cm³/mol. The maximum atomic E-state index is 12.9. The Kier molecular flexibility index (Phi) is 5.82. The molecule has 1 aromatic rings. The lowest BCUT2D eigenvalue weighted by molar-refractivity contribution is -0.137. The van der Waals surface area contributed by atoms with Crippen LogP contribution in [0.2, 0.25) is 0 Å². The molecule has 1 saturated heterocycles. The third kappa shape index (κ3) is 4.70. The molecule has 2 unspecified atom stereocenters. The largest absolute Gasteiger partial charge is 0.417 e. The Balaban J connectivity index is 1.92. The summed E-state index contributed by atoms with van der Waals surface area (Å²) in [6.07, 6.45) is -2.87. The van der Waals surface area contributed by atoms with Gasteiger partial charge in [-0.1, -0.05) is 12.1 Å². The summed E-state index contributed by atoms with van der Waals surface area (Å²) in [7, 11) is 0. The molecule has 132 valence electrons. The highest BCUT2D eigenvalue weighted by Gasteiger charge is 2.34. The van der Waals surface area contributed by atoms with Gasteiger partial charge >= 0.3 is 6.18 Å². The van der Waals surface area contributed by atoms with Gasteiger partial charge in [0.1, 0.15) is 0 Å². The van der Waals surface area contributed by atoms with Crippen molar-refractivity contribution in [3.8, 4) is 0 Å². The number of benzene rings is 1. The third-order valence-electron chi connectivity index (χ3n) is 3.99. The fourth-order valence-corrected chi connectivity index (χ4v) is 2.68. The molecule has 1 aliphatic heterocycles. The molecule has 24 heavy (non-hydrogen) atoms. The van der Waals surface area contributed by atoms with Crippen molar-refractivity contribution in [3.63, 3.8) is 0 Å². The standard InChI is InChI=1S/C16H20F3N3O2/c1-10-13(7-4-8-20-10)22-14(23)9-21-15(24)11-5-2-3-6-12(11)16(17,18)19/h2-3,5-6,10,13,20H,4,7-9H2,1H3,(H,21,24)(H,22,23). The van der Waals surface area contributed by atoms with Crippen LogP contribution in [0.4, 0.5) is 13.2 Å². The topological polar surface area (TPSA) is 70.2 Å². The van der Waals surface area contributed by atoms with Crippen molar-refractivity contribution in [3.05, 3.63) is 35.4 Å². The average Bonchev–Trinajstić information content (AvgIpc) is 2.54. The number of nitrogens with one attached hydrogen (secondary N) is 3. The van der Waals surface area contributed by atoms with Gasteiger partial charge in [0.25, 0.3) is 5.91 Å². The van der Waals surface area contributed by atoms with Crippen molar-refractivity contribution in [2.24, 2.45) is 0 Å². The average molecular weight is 343 g/mol. The molecule has 0 spiro atoms. The van der Waals surface area contributed by atoms with Crippen LogP contribution in [0, 0.1) is 0 Å². The number of piperidine rings is 1. The highest BCUT2D eigenvalue weighted by Crippen LogP contribution is 2.31. The van der Waals surface area contributed by atoms with E-state index in [-0.39, 0.29) is 18.6 Å². The van der Waals surface area contributed by atoms with Crippen LogP contribution in [-0.4, -0.2) is 37.0 Å². The SMILES string of the molecule is CC1NCCCC1NC(=O)CNC(=O)c1ccccc1C(F)(F)F. The lowest BCUT2D eigenvalue weighted by Gasteiger charge is -2.30. The van der Waals surface area contributed by atoms with E-state index in [0.717, 1.165) is 31.5 Å². The highest BCUT2D eigenvalue weighted by molar-refractivity contribution is 5.97. The van der Waals surface area contributed by atoms with Crippen molar-refractivity contribution in [2.45, 2.75) is 38.0 Å². The first-order valence-corrected chi connectivity index (χ1v) is 7.76. The first kappa shape index (κ1) is 18.3. The number of halogens is 3. The van der Waals surface area contributed by atoms with Crippen LogP contribution in [0.25, 0.3) is 0 Å². The number of hydrogen-bond acceptors (Lipinski definition) is 3. The minimum atomic E-state index is -4.63. The molecule has 8 heteroatoms. The van der Waals surface area contributed by atoms with Crippen molar-refractivity contribution in [1.82, 2.24) is 16.0 Å². The van der Waals surface area contributed by atoms with Crippen LogP contribution in [-0.2, 0) is 11.0 Å². The number of alkyl halides is 3. The number of rotatable bonds is 4. The van der Waals surface area contributed by atoms with E-state index in [1.807, 2.05) is 6.92 Å². The molecule has 0 aliphatic carbocycles. The van der Waals surface area contributed by atoms with Crippen LogP contribution in [0.5, 0.6) is 0 Å². The van der Waals surface area contributed by atoms with Gasteiger partial charge < -0.3 is 16.0 Å². The molecule has 0 saturated carbocycles. The van der Waals surface area contributed by atoms with Gasteiger partial charge in [0.15, 0.2) is 0 Å². The zero-order valence-corrected chi connectivity index (χ0v) is 13.2. The molecule has 1 fully saturated rings. The van der Waals surface area contributed by atoms with Gasteiger partial charge in [-0.05, 0) is 38.4 Å². The van der Waals surface area contributed by atoms with Crippen molar-refractivity contribution < 1.29 is 22.8 Å². The third-order valence-corrected chi connectivity index (χ3v) is 3.99. The van der Waals surface area contributed by atoms with Gasteiger partial charge in [-0.2, -0.15) is 13.2 Å². The molecule has 1 aromatic carbocycles. The smallest absolute Gasteiger partial charge is 0.350 e. The molecule has 3 N–H and O–H groups in total. The summed E-state index contributed by atoms with van der Waals surface area (Å²) in [5.74, 6) is -1.35. The number of carbonyl (C=O) groups excluding carboxylic acids is 2.